The van der Waals surface area contributed by atoms with Gasteiger partial charge in [-0.3, -0.25) is 4.68 Å². The normalized spacial score (nSPS) is 21.1. The van der Waals surface area contributed by atoms with Crippen molar-refractivity contribution in [2.45, 2.75) is 48.3 Å². The average Bonchev–Trinajstić information content (AvgIpc) is 3.02. The van der Waals surface area contributed by atoms with Crippen molar-refractivity contribution in [3.05, 3.63) is 35.2 Å². The molecule has 2 aromatic rings. The lowest BCUT2D eigenvalue weighted by molar-refractivity contribution is 0.0615. The smallest absolute Gasteiger partial charge is 0.246 e. The van der Waals surface area contributed by atoms with Crippen molar-refractivity contribution >= 4 is 41.4 Å². The Balaban J connectivity index is 1.54. The maximum atomic E-state index is 13.0. The molecule has 0 saturated carbocycles. The third-order valence-electron chi connectivity index (χ3n) is 6.20. The maximum Gasteiger partial charge on any atom is 0.246 e. The summed E-state index contributed by atoms with van der Waals surface area (Å²) in [5.41, 5.74) is 2.60. The Morgan fingerprint density at radius 3 is 2.10 bits per heavy atom. The van der Waals surface area contributed by atoms with E-state index in [1.54, 1.807) is 24.7 Å². The summed E-state index contributed by atoms with van der Waals surface area (Å²) >= 11 is 0. The molecular formula is C19H21B4N3O4S. The van der Waals surface area contributed by atoms with Gasteiger partial charge in [-0.15, -0.1) is 0 Å². The van der Waals surface area contributed by atoms with Gasteiger partial charge in [0.05, 0.1) is 11.9 Å². The third kappa shape index (κ3) is 3.71. The Morgan fingerprint density at radius 2 is 1.58 bits per heavy atom. The Kier molecular flexibility index (Phi) is 5.33. The lowest BCUT2D eigenvalue weighted by Gasteiger charge is -2.49. The summed E-state index contributed by atoms with van der Waals surface area (Å²) in [7, 11) is 21.5. The molecule has 3 heterocycles. The SMILES string of the molecule is [B]C1([B])Oc2cc(C)c(C3CCN(S(=O)(=O)c4cnn(C)c4C)CC3)cc2OC1([B])[B]. The number of benzene rings is 1. The van der Waals surface area contributed by atoms with E-state index in [4.69, 9.17) is 40.9 Å². The molecule has 4 rings (SSSR count). The van der Waals surface area contributed by atoms with Crippen molar-refractivity contribution in [1.29, 1.82) is 0 Å². The molecule has 7 nitrogen and oxygen atoms in total. The molecule has 2 aliphatic rings. The van der Waals surface area contributed by atoms with Crippen molar-refractivity contribution in [2.24, 2.45) is 7.05 Å². The lowest BCUT2D eigenvalue weighted by Crippen LogP contribution is -2.65. The fraction of sp³-hybridized carbons (Fsp3) is 0.526. The van der Waals surface area contributed by atoms with Crippen LogP contribution in [0.4, 0.5) is 0 Å². The maximum absolute atomic E-state index is 13.0. The van der Waals surface area contributed by atoms with Gasteiger partial charge >= 0.3 is 0 Å². The minimum absolute atomic E-state index is 0.141. The van der Waals surface area contributed by atoms with E-state index in [9.17, 15) is 8.42 Å². The second kappa shape index (κ2) is 7.37. The molecule has 0 spiro atoms. The zero-order valence-corrected chi connectivity index (χ0v) is 18.6. The van der Waals surface area contributed by atoms with Gasteiger partial charge in [0.1, 0.15) is 36.3 Å². The summed E-state index contributed by atoms with van der Waals surface area (Å²) in [6.45, 7) is 4.50. The molecule has 2 aliphatic heterocycles. The number of aromatic nitrogens is 2. The molecule has 1 saturated heterocycles. The minimum atomic E-state index is -3.59. The van der Waals surface area contributed by atoms with Crippen molar-refractivity contribution < 1.29 is 17.9 Å². The van der Waals surface area contributed by atoms with Crippen LogP contribution in [-0.4, -0.2) is 77.8 Å². The molecule has 1 fully saturated rings. The standard InChI is InChI=1S/C19H21B4N3O4S/c1-11-8-15-16(30-19(22,23)18(20,21)29-15)9-14(11)13-4-6-26(7-5-13)31(27,28)17-10-24-25(3)12(17)2/h8-10,13H,4-7H2,1-3H3. The predicted molar refractivity (Wildman–Crippen MR) is 120 cm³/mol. The van der Waals surface area contributed by atoms with Gasteiger partial charge in [-0.1, -0.05) is 0 Å². The molecule has 1 aromatic heterocycles. The van der Waals surface area contributed by atoms with Crippen LogP contribution in [0.15, 0.2) is 23.2 Å². The second-order valence-corrected chi connectivity index (χ2v) is 10.2. The van der Waals surface area contributed by atoms with Crippen molar-refractivity contribution in [1.82, 2.24) is 14.1 Å². The molecule has 12 heteroatoms. The quantitative estimate of drug-likeness (QED) is 0.657. The van der Waals surface area contributed by atoms with Gasteiger partial charge in [0, 0.05) is 30.9 Å². The number of hydrogen-bond acceptors (Lipinski definition) is 5. The molecule has 8 radical (unpaired) electrons. The molecule has 0 atom stereocenters. The summed E-state index contributed by atoms with van der Waals surface area (Å²) < 4.78 is 40.4. The fourth-order valence-electron chi connectivity index (χ4n) is 4.08. The first-order valence-electron chi connectivity index (χ1n) is 10.0. The Morgan fingerprint density at radius 1 is 1.03 bits per heavy atom. The van der Waals surface area contributed by atoms with Crippen LogP contribution in [0.5, 0.6) is 11.5 Å². The van der Waals surface area contributed by atoms with Crippen molar-refractivity contribution in [3.8, 4) is 11.5 Å². The fourth-order valence-corrected chi connectivity index (χ4v) is 5.73. The zero-order valence-electron chi connectivity index (χ0n) is 17.8. The number of fused-ring (bicyclic) bond motifs is 1. The molecular weight excluding hydrogens is 410 g/mol. The highest BCUT2D eigenvalue weighted by molar-refractivity contribution is 7.89. The monoisotopic (exact) mass is 431 g/mol. The Labute approximate surface area is 188 Å². The van der Waals surface area contributed by atoms with E-state index >= 15 is 0 Å². The lowest BCUT2D eigenvalue weighted by atomic mass is 9.41. The summed E-state index contributed by atoms with van der Waals surface area (Å²) in [5, 5.41) is 0.287. The number of aryl methyl sites for hydroxylation is 2. The van der Waals surface area contributed by atoms with E-state index in [0.29, 0.717) is 43.1 Å². The zero-order chi connectivity index (χ0) is 22.8. The van der Waals surface area contributed by atoms with Crippen molar-refractivity contribution in [3.63, 3.8) is 0 Å². The first-order chi connectivity index (χ1) is 14.3. The first-order valence-corrected chi connectivity index (χ1v) is 11.4. The van der Waals surface area contributed by atoms with E-state index in [1.165, 1.54) is 10.5 Å². The molecule has 0 unspecified atom stereocenters. The second-order valence-electron chi connectivity index (χ2n) is 8.34. The summed E-state index contributed by atoms with van der Waals surface area (Å²) in [6, 6.07) is 3.62. The van der Waals surface area contributed by atoms with E-state index in [2.05, 4.69) is 5.10 Å². The number of sulfonamides is 1. The Bertz CT molecular complexity index is 1130. The number of piperidine rings is 1. The number of rotatable bonds is 3. The van der Waals surface area contributed by atoms with Crippen LogP contribution in [0.1, 0.15) is 35.6 Å². The summed E-state index contributed by atoms with van der Waals surface area (Å²) in [6.07, 6.45) is 2.72. The van der Waals surface area contributed by atoms with Gasteiger partial charge in [0.25, 0.3) is 0 Å². The highest BCUT2D eigenvalue weighted by Gasteiger charge is 2.43. The predicted octanol–water partition coefficient (Wildman–Crippen LogP) is 0.358. The van der Waals surface area contributed by atoms with Gasteiger partial charge in [-0.2, -0.15) is 9.40 Å². The van der Waals surface area contributed by atoms with Crippen LogP contribution in [0.2, 0.25) is 0 Å². The van der Waals surface area contributed by atoms with Gasteiger partial charge in [-0.05, 0) is 55.9 Å². The topological polar surface area (TPSA) is 73.7 Å². The Hall–Kier alpha value is -1.80. The van der Waals surface area contributed by atoms with Gasteiger partial charge < -0.3 is 9.47 Å². The van der Waals surface area contributed by atoms with Crippen LogP contribution in [0.3, 0.4) is 0 Å². The minimum Gasteiger partial charge on any atom is -0.501 e. The van der Waals surface area contributed by atoms with Crippen LogP contribution < -0.4 is 9.47 Å². The number of ether oxygens (including phenoxy) is 2. The van der Waals surface area contributed by atoms with Gasteiger partial charge in [0.2, 0.25) is 10.0 Å². The van der Waals surface area contributed by atoms with E-state index in [0.717, 1.165) is 11.1 Å². The molecule has 0 amide bonds. The van der Waals surface area contributed by atoms with Crippen LogP contribution in [-0.2, 0) is 17.1 Å². The van der Waals surface area contributed by atoms with E-state index < -0.39 is 20.8 Å². The van der Waals surface area contributed by atoms with E-state index in [1.807, 2.05) is 13.0 Å². The van der Waals surface area contributed by atoms with E-state index in [-0.39, 0.29) is 10.8 Å². The highest BCUT2D eigenvalue weighted by atomic mass is 32.2. The highest BCUT2D eigenvalue weighted by Crippen LogP contribution is 2.43. The molecule has 0 aliphatic carbocycles. The summed E-state index contributed by atoms with van der Waals surface area (Å²) in [5.74, 6) is 0.866. The molecule has 0 N–H and O–H groups in total. The molecule has 31 heavy (non-hydrogen) atoms. The first kappa shape index (κ1) is 22.4. The van der Waals surface area contributed by atoms with Crippen LogP contribution >= 0.6 is 0 Å². The van der Waals surface area contributed by atoms with Crippen molar-refractivity contribution in [2.75, 3.05) is 13.1 Å². The molecule has 1 aromatic carbocycles. The average molecular weight is 431 g/mol. The van der Waals surface area contributed by atoms with Gasteiger partial charge in [-0.25, -0.2) is 8.42 Å². The number of nitrogens with zero attached hydrogens (tertiary/aromatic N) is 3. The van der Waals surface area contributed by atoms with Crippen LogP contribution in [0, 0.1) is 13.8 Å². The van der Waals surface area contributed by atoms with Gasteiger partial charge in [0.15, 0.2) is 11.5 Å². The third-order valence-corrected chi connectivity index (χ3v) is 8.20. The summed E-state index contributed by atoms with van der Waals surface area (Å²) in [4.78, 5) is 0.248. The number of hydrogen-bond donors (Lipinski definition) is 0. The van der Waals surface area contributed by atoms with Crippen LogP contribution in [0.25, 0.3) is 0 Å². The molecule has 0 bridgehead atoms. The largest absolute Gasteiger partial charge is 0.501 e. The molecule has 154 valence electrons.